The van der Waals surface area contributed by atoms with Crippen molar-refractivity contribution in [2.45, 2.75) is 24.7 Å². The summed E-state index contributed by atoms with van der Waals surface area (Å²) in [6, 6.07) is 9.41. The Balaban J connectivity index is 1.39. The average Bonchev–Trinajstić information content (AvgIpc) is 2.79. The van der Waals surface area contributed by atoms with Crippen LogP contribution in [-0.2, 0) is 24.4 Å². The lowest BCUT2D eigenvalue weighted by molar-refractivity contribution is -0.121. The number of hydrogen-bond acceptors (Lipinski definition) is 6. The number of hydrogen-bond donors (Lipinski definition) is 3. The zero-order valence-corrected chi connectivity index (χ0v) is 19.8. The zero-order valence-electron chi connectivity index (χ0n) is 18.3. The van der Waals surface area contributed by atoms with Gasteiger partial charge in [0.25, 0.3) is 5.91 Å². The van der Waals surface area contributed by atoms with Crippen LogP contribution in [0.3, 0.4) is 0 Å². The van der Waals surface area contributed by atoms with E-state index < -0.39 is 10.0 Å². The number of nitrogens with zero attached hydrogens (tertiary/aromatic N) is 1. The number of carbonyl (C=O) groups is 3. The Morgan fingerprint density at radius 3 is 2.32 bits per heavy atom. The fraction of sp³-hybridized carbons (Fsp3) is 0.318. The van der Waals surface area contributed by atoms with Gasteiger partial charge in [-0.3, -0.25) is 14.4 Å². The number of carbonyl (C=O) groups excluding carboxylic acids is 3. The molecule has 1 fully saturated rings. The van der Waals surface area contributed by atoms with Crippen LogP contribution in [0.25, 0.3) is 0 Å². The first-order valence-corrected chi connectivity index (χ1v) is 12.4. The summed E-state index contributed by atoms with van der Waals surface area (Å²) in [7, 11) is -3.92. The van der Waals surface area contributed by atoms with Crippen molar-refractivity contribution in [3.63, 3.8) is 0 Å². The fourth-order valence-electron chi connectivity index (χ4n) is 3.86. The van der Waals surface area contributed by atoms with Gasteiger partial charge >= 0.3 is 0 Å². The van der Waals surface area contributed by atoms with Crippen molar-refractivity contribution in [2.75, 3.05) is 35.6 Å². The molecule has 0 spiro atoms. The third-order valence-corrected chi connectivity index (χ3v) is 7.95. The average molecular weight is 507 g/mol. The highest BCUT2D eigenvalue weighted by molar-refractivity contribution is 7.89. The lowest BCUT2D eigenvalue weighted by Crippen LogP contribution is -2.41. The Labute approximate surface area is 201 Å². The first-order chi connectivity index (χ1) is 16.1. The van der Waals surface area contributed by atoms with Gasteiger partial charge < -0.3 is 20.7 Å². The molecule has 2 heterocycles. The lowest BCUT2D eigenvalue weighted by atomic mass is 9.97. The number of fused-ring (bicyclic) bond motifs is 1. The highest BCUT2D eigenvalue weighted by atomic mass is 35.5. The summed E-state index contributed by atoms with van der Waals surface area (Å²) in [5, 5.41) is 8.05. The summed E-state index contributed by atoms with van der Waals surface area (Å²) in [6.45, 7) is 1.53. The van der Waals surface area contributed by atoms with Crippen LogP contribution in [0.2, 0.25) is 5.02 Å². The topological polar surface area (TPSA) is 134 Å². The summed E-state index contributed by atoms with van der Waals surface area (Å²) < 4.78 is 33.0. The van der Waals surface area contributed by atoms with Gasteiger partial charge in [0.15, 0.2) is 6.61 Å². The maximum atomic E-state index is 13.2. The van der Waals surface area contributed by atoms with E-state index in [0.29, 0.717) is 29.9 Å². The number of benzene rings is 2. The first kappa shape index (κ1) is 24.0. The Kier molecular flexibility index (Phi) is 6.78. The second-order valence-electron chi connectivity index (χ2n) is 8.04. The van der Waals surface area contributed by atoms with Crippen molar-refractivity contribution in [3.05, 3.63) is 41.4 Å². The maximum absolute atomic E-state index is 13.2. The van der Waals surface area contributed by atoms with E-state index >= 15 is 0 Å². The highest BCUT2D eigenvalue weighted by Crippen LogP contribution is 2.37. The second kappa shape index (κ2) is 9.61. The maximum Gasteiger partial charge on any atom is 0.262 e. The van der Waals surface area contributed by atoms with Crippen molar-refractivity contribution >= 4 is 56.4 Å². The fourth-order valence-corrected chi connectivity index (χ4v) is 5.85. The molecule has 2 aromatic carbocycles. The minimum absolute atomic E-state index is 0.0212. The quantitative estimate of drug-likeness (QED) is 0.570. The molecule has 3 amide bonds. The van der Waals surface area contributed by atoms with E-state index in [0.717, 1.165) is 0 Å². The van der Waals surface area contributed by atoms with Crippen LogP contribution in [-0.4, -0.2) is 50.1 Å². The Morgan fingerprint density at radius 1 is 1.09 bits per heavy atom. The summed E-state index contributed by atoms with van der Waals surface area (Å²) in [4.78, 5) is 35.1. The molecule has 34 heavy (non-hydrogen) atoms. The molecule has 3 N–H and O–H groups in total. The third kappa shape index (κ3) is 5.16. The van der Waals surface area contributed by atoms with Crippen molar-refractivity contribution in [1.29, 1.82) is 0 Å². The number of halogens is 1. The van der Waals surface area contributed by atoms with Crippen LogP contribution in [0.5, 0.6) is 5.75 Å². The summed E-state index contributed by atoms with van der Waals surface area (Å²) in [6.07, 6.45) is 0.703. The van der Waals surface area contributed by atoms with Gasteiger partial charge in [0.05, 0.1) is 10.7 Å². The van der Waals surface area contributed by atoms with Crippen LogP contribution < -0.4 is 20.7 Å². The molecule has 2 aromatic rings. The molecule has 0 radical (unpaired) electrons. The number of anilines is 3. The van der Waals surface area contributed by atoms with E-state index in [-0.39, 0.29) is 59.0 Å². The molecule has 10 nitrogen and oxygen atoms in total. The van der Waals surface area contributed by atoms with Crippen molar-refractivity contribution < 1.29 is 27.5 Å². The molecule has 2 aliphatic rings. The molecule has 2 aliphatic heterocycles. The first-order valence-electron chi connectivity index (χ1n) is 10.6. The lowest BCUT2D eigenvalue weighted by Gasteiger charge is -2.31. The number of piperidine rings is 1. The van der Waals surface area contributed by atoms with Gasteiger partial charge in [-0.25, -0.2) is 8.42 Å². The number of ether oxygens (including phenoxy) is 1. The van der Waals surface area contributed by atoms with Gasteiger partial charge in [0.1, 0.15) is 10.6 Å². The molecule has 0 atom stereocenters. The van der Waals surface area contributed by atoms with E-state index in [2.05, 4.69) is 16.0 Å². The molecule has 12 heteroatoms. The SMILES string of the molecule is CC(=O)Nc1ccc(NC(=O)C2CCN(S(=O)(=O)c3cc4c(cc3Cl)NC(=O)CO4)CC2)cc1. The van der Waals surface area contributed by atoms with E-state index in [1.54, 1.807) is 24.3 Å². The largest absolute Gasteiger partial charge is 0.482 e. The highest BCUT2D eigenvalue weighted by Gasteiger charge is 2.34. The van der Waals surface area contributed by atoms with Crippen LogP contribution >= 0.6 is 11.6 Å². The van der Waals surface area contributed by atoms with Gasteiger partial charge in [0, 0.05) is 43.4 Å². The Morgan fingerprint density at radius 2 is 1.71 bits per heavy atom. The minimum Gasteiger partial charge on any atom is -0.482 e. The van der Waals surface area contributed by atoms with Crippen molar-refractivity contribution in [2.24, 2.45) is 5.92 Å². The zero-order chi connectivity index (χ0) is 24.5. The van der Waals surface area contributed by atoms with Crippen LogP contribution in [0.15, 0.2) is 41.3 Å². The van der Waals surface area contributed by atoms with Gasteiger partial charge in [-0.15, -0.1) is 0 Å². The Bertz CT molecular complexity index is 1240. The number of sulfonamides is 1. The molecule has 0 saturated carbocycles. The Hall–Kier alpha value is -3.15. The molecule has 0 unspecified atom stereocenters. The van der Waals surface area contributed by atoms with Gasteiger partial charge in [-0.05, 0) is 43.2 Å². The standard InChI is InChI=1S/C22H23ClN4O6S/c1-13(28)24-15-2-4-16(5-3-15)25-22(30)14-6-8-27(9-7-14)34(31,32)20-11-19-18(10-17(20)23)26-21(29)12-33-19/h2-5,10-11,14H,6-9,12H2,1H3,(H,24,28)(H,25,30)(H,26,29). The molecular formula is C22H23ClN4O6S. The molecule has 0 aliphatic carbocycles. The van der Waals surface area contributed by atoms with Crippen LogP contribution in [0, 0.1) is 5.92 Å². The number of amides is 3. The van der Waals surface area contributed by atoms with E-state index in [1.807, 2.05) is 0 Å². The van der Waals surface area contributed by atoms with E-state index in [4.69, 9.17) is 16.3 Å². The van der Waals surface area contributed by atoms with Crippen molar-refractivity contribution in [1.82, 2.24) is 4.31 Å². The summed E-state index contributed by atoms with van der Waals surface area (Å²) in [5.41, 5.74) is 1.53. The van der Waals surface area contributed by atoms with Gasteiger partial charge in [0.2, 0.25) is 21.8 Å². The smallest absolute Gasteiger partial charge is 0.262 e. The van der Waals surface area contributed by atoms with E-state index in [9.17, 15) is 22.8 Å². The number of nitrogens with one attached hydrogen (secondary N) is 3. The normalized spacial score (nSPS) is 16.7. The molecule has 0 aromatic heterocycles. The number of rotatable bonds is 5. The second-order valence-corrected chi connectivity index (χ2v) is 10.4. The van der Waals surface area contributed by atoms with Gasteiger partial charge in [-0.1, -0.05) is 11.6 Å². The summed E-state index contributed by atoms with van der Waals surface area (Å²) in [5.74, 6) is -0.835. The molecule has 0 bridgehead atoms. The molecule has 4 rings (SSSR count). The monoisotopic (exact) mass is 506 g/mol. The van der Waals surface area contributed by atoms with E-state index in [1.165, 1.54) is 23.4 Å². The molecule has 1 saturated heterocycles. The molecular weight excluding hydrogens is 484 g/mol. The van der Waals surface area contributed by atoms with Crippen LogP contribution in [0.4, 0.5) is 17.1 Å². The van der Waals surface area contributed by atoms with Crippen molar-refractivity contribution in [3.8, 4) is 5.75 Å². The predicted octanol–water partition coefficient (Wildman–Crippen LogP) is 2.67. The molecule has 180 valence electrons. The minimum atomic E-state index is -3.92. The van der Waals surface area contributed by atoms with Gasteiger partial charge in [-0.2, -0.15) is 4.31 Å². The predicted molar refractivity (Wildman–Crippen MR) is 126 cm³/mol. The summed E-state index contributed by atoms with van der Waals surface area (Å²) >= 11 is 6.22. The van der Waals surface area contributed by atoms with Crippen LogP contribution in [0.1, 0.15) is 19.8 Å². The third-order valence-electron chi connectivity index (χ3n) is 5.58.